The van der Waals surface area contributed by atoms with E-state index in [-0.39, 0.29) is 13.2 Å². The van der Waals surface area contributed by atoms with Crippen LogP contribution in [-0.4, -0.2) is 5.11 Å². The second-order valence-corrected chi connectivity index (χ2v) is 3.20. The highest BCUT2D eigenvalue weighted by Crippen LogP contribution is 2.29. The molecule has 74 valence electrons. The third kappa shape index (κ3) is 2.63. The standard InChI is InChI=1S/C10H13ClO.CH4/c1-3-7-5-8(4-2)10(12)9(11)6-7;/h5-6,12H,3-4H2,1-2H3;1H4. The first kappa shape index (κ1) is 12.3. The first-order valence-corrected chi connectivity index (χ1v) is 4.57. The summed E-state index contributed by atoms with van der Waals surface area (Å²) in [5, 5.41) is 9.95. The summed E-state index contributed by atoms with van der Waals surface area (Å²) in [6, 6.07) is 3.82. The molecular formula is C11H17ClO. The number of benzene rings is 1. The van der Waals surface area contributed by atoms with Crippen molar-refractivity contribution < 1.29 is 5.11 Å². The van der Waals surface area contributed by atoms with Gasteiger partial charge < -0.3 is 5.11 Å². The molecule has 2 heteroatoms. The lowest BCUT2D eigenvalue weighted by molar-refractivity contribution is 0.469. The zero-order chi connectivity index (χ0) is 9.14. The van der Waals surface area contributed by atoms with Crippen molar-refractivity contribution in [3.8, 4) is 5.75 Å². The molecule has 0 saturated heterocycles. The van der Waals surface area contributed by atoms with E-state index in [1.165, 1.54) is 5.56 Å². The number of hydrogen-bond donors (Lipinski definition) is 1. The van der Waals surface area contributed by atoms with Crippen molar-refractivity contribution in [2.45, 2.75) is 34.1 Å². The maximum Gasteiger partial charge on any atom is 0.137 e. The maximum atomic E-state index is 9.49. The van der Waals surface area contributed by atoms with Gasteiger partial charge in [-0.1, -0.05) is 38.9 Å². The van der Waals surface area contributed by atoms with Gasteiger partial charge in [0.05, 0.1) is 5.02 Å². The average molecular weight is 201 g/mol. The molecule has 13 heavy (non-hydrogen) atoms. The number of aromatic hydroxyl groups is 1. The van der Waals surface area contributed by atoms with Crippen LogP contribution < -0.4 is 0 Å². The number of phenolic OH excluding ortho intramolecular Hbond substituents is 1. The zero-order valence-corrected chi connectivity index (χ0v) is 8.15. The molecular weight excluding hydrogens is 184 g/mol. The molecule has 0 amide bonds. The van der Waals surface area contributed by atoms with E-state index in [4.69, 9.17) is 11.6 Å². The van der Waals surface area contributed by atoms with E-state index >= 15 is 0 Å². The first-order chi connectivity index (χ1) is 5.69. The second kappa shape index (κ2) is 5.13. The van der Waals surface area contributed by atoms with E-state index < -0.39 is 0 Å². The summed E-state index contributed by atoms with van der Waals surface area (Å²) in [4.78, 5) is 0. The monoisotopic (exact) mass is 200 g/mol. The third-order valence-electron chi connectivity index (χ3n) is 1.99. The molecule has 0 fully saturated rings. The summed E-state index contributed by atoms with van der Waals surface area (Å²) >= 11 is 5.83. The van der Waals surface area contributed by atoms with Crippen LogP contribution in [0.2, 0.25) is 5.02 Å². The Kier molecular flexibility index (Phi) is 4.86. The van der Waals surface area contributed by atoms with E-state index in [0.29, 0.717) is 5.02 Å². The molecule has 0 bridgehead atoms. The van der Waals surface area contributed by atoms with Gasteiger partial charge in [-0.2, -0.15) is 0 Å². The molecule has 0 aliphatic rings. The predicted molar refractivity (Wildman–Crippen MR) is 58.6 cm³/mol. The Morgan fingerprint density at radius 3 is 2.31 bits per heavy atom. The van der Waals surface area contributed by atoms with Crippen molar-refractivity contribution in [2.24, 2.45) is 0 Å². The lowest BCUT2D eigenvalue weighted by Crippen LogP contribution is -1.87. The second-order valence-electron chi connectivity index (χ2n) is 2.79. The van der Waals surface area contributed by atoms with Crippen LogP contribution >= 0.6 is 11.6 Å². The topological polar surface area (TPSA) is 20.2 Å². The van der Waals surface area contributed by atoms with Gasteiger partial charge in [0.25, 0.3) is 0 Å². The van der Waals surface area contributed by atoms with Gasteiger partial charge in [-0.25, -0.2) is 0 Å². The van der Waals surface area contributed by atoms with Crippen LogP contribution in [-0.2, 0) is 12.8 Å². The van der Waals surface area contributed by atoms with Crippen molar-refractivity contribution in [2.75, 3.05) is 0 Å². The fourth-order valence-electron chi connectivity index (χ4n) is 1.19. The fraction of sp³-hybridized carbons (Fsp3) is 0.455. The van der Waals surface area contributed by atoms with E-state index in [1.54, 1.807) is 0 Å². The molecule has 1 aromatic rings. The smallest absolute Gasteiger partial charge is 0.137 e. The molecule has 0 aliphatic heterocycles. The minimum Gasteiger partial charge on any atom is -0.506 e. The van der Waals surface area contributed by atoms with Gasteiger partial charge >= 0.3 is 0 Å². The van der Waals surface area contributed by atoms with Gasteiger partial charge in [-0.05, 0) is 30.0 Å². The van der Waals surface area contributed by atoms with Crippen LogP contribution in [0.4, 0.5) is 0 Å². The zero-order valence-electron chi connectivity index (χ0n) is 7.39. The number of phenols is 1. The molecule has 0 aromatic heterocycles. The minimum absolute atomic E-state index is 0. The molecule has 0 heterocycles. The van der Waals surface area contributed by atoms with Crippen molar-refractivity contribution >= 4 is 11.6 Å². The quantitative estimate of drug-likeness (QED) is 0.770. The predicted octanol–water partition coefficient (Wildman–Crippen LogP) is 3.81. The molecule has 0 unspecified atom stereocenters. The van der Waals surface area contributed by atoms with Crippen molar-refractivity contribution in [3.63, 3.8) is 0 Å². The van der Waals surface area contributed by atoms with Crippen LogP contribution in [0.25, 0.3) is 0 Å². The Balaban J connectivity index is 0.00000144. The number of hydrogen-bond acceptors (Lipinski definition) is 1. The van der Waals surface area contributed by atoms with E-state index in [0.717, 1.165) is 18.4 Å². The molecule has 1 N–H and O–H groups in total. The molecule has 1 nitrogen and oxygen atoms in total. The molecule has 0 atom stereocenters. The molecule has 0 aliphatic carbocycles. The highest BCUT2D eigenvalue weighted by molar-refractivity contribution is 6.32. The third-order valence-corrected chi connectivity index (χ3v) is 2.28. The largest absolute Gasteiger partial charge is 0.506 e. The lowest BCUT2D eigenvalue weighted by Gasteiger charge is -2.06. The van der Waals surface area contributed by atoms with Gasteiger partial charge in [0, 0.05) is 0 Å². The van der Waals surface area contributed by atoms with Crippen molar-refractivity contribution in [3.05, 3.63) is 28.3 Å². The van der Waals surface area contributed by atoms with E-state index in [9.17, 15) is 5.11 Å². The van der Waals surface area contributed by atoms with Crippen LogP contribution in [0.5, 0.6) is 5.75 Å². The van der Waals surface area contributed by atoms with E-state index in [1.807, 2.05) is 19.1 Å². The highest BCUT2D eigenvalue weighted by atomic mass is 35.5. The number of aryl methyl sites for hydroxylation is 2. The summed E-state index contributed by atoms with van der Waals surface area (Å²) in [6.07, 6.45) is 1.77. The van der Waals surface area contributed by atoms with Crippen LogP contribution in [0.15, 0.2) is 12.1 Å². The Morgan fingerprint density at radius 2 is 1.85 bits per heavy atom. The first-order valence-electron chi connectivity index (χ1n) is 4.19. The van der Waals surface area contributed by atoms with Crippen LogP contribution in [0.3, 0.4) is 0 Å². The van der Waals surface area contributed by atoms with Crippen molar-refractivity contribution in [1.29, 1.82) is 0 Å². The molecule has 1 rings (SSSR count). The highest BCUT2D eigenvalue weighted by Gasteiger charge is 2.05. The molecule has 1 aromatic carbocycles. The average Bonchev–Trinajstić information content (AvgIpc) is 2.09. The van der Waals surface area contributed by atoms with Crippen molar-refractivity contribution in [1.82, 2.24) is 0 Å². The minimum atomic E-state index is 0. The molecule has 0 radical (unpaired) electrons. The molecule has 0 spiro atoms. The SMILES string of the molecule is C.CCc1cc(Cl)c(O)c(CC)c1. The summed E-state index contributed by atoms with van der Waals surface area (Å²) in [5.41, 5.74) is 2.11. The molecule has 0 saturated carbocycles. The van der Waals surface area contributed by atoms with Gasteiger partial charge in [0.1, 0.15) is 5.75 Å². The van der Waals surface area contributed by atoms with Crippen LogP contribution in [0, 0.1) is 0 Å². The Bertz CT molecular complexity index is 282. The fourth-order valence-corrected chi connectivity index (χ4v) is 1.45. The Labute approximate surface area is 85.4 Å². The van der Waals surface area contributed by atoms with Gasteiger partial charge in [0.15, 0.2) is 0 Å². The lowest BCUT2D eigenvalue weighted by atomic mass is 10.1. The van der Waals surface area contributed by atoms with Gasteiger partial charge in [-0.3, -0.25) is 0 Å². The number of rotatable bonds is 2. The summed E-state index contributed by atoms with van der Waals surface area (Å²) < 4.78 is 0. The van der Waals surface area contributed by atoms with E-state index in [2.05, 4.69) is 6.92 Å². The Hall–Kier alpha value is -0.690. The number of halogens is 1. The van der Waals surface area contributed by atoms with Gasteiger partial charge in [0.2, 0.25) is 0 Å². The van der Waals surface area contributed by atoms with Crippen LogP contribution in [0.1, 0.15) is 32.4 Å². The maximum absolute atomic E-state index is 9.49. The van der Waals surface area contributed by atoms with Gasteiger partial charge in [-0.15, -0.1) is 0 Å². The summed E-state index contributed by atoms with van der Waals surface area (Å²) in [7, 11) is 0. The normalized spacial score (nSPS) is 9.46. The summed E-state index contributed by atoms with van der Waals surface area (Å²) in [5.74, 6) is 0.233. The Morgan fingerprint density at radius 1 is 1.23 bits per heavy atom. The summed E-state index contributed by atoms with van der Waals surface area (Å²) in [6.45, 7) is 4.08.